The van der Waals surface area contributed by atoms with Gasteiger partial charge in [-0.25, -0.2) is 4.98 Å². The van der Waals surface area contributed by atoms with Crippen LogP contribution in [-0.2, 0) is 6.54 Å². The summed E-state index contributed by atoms with van der Waals surface area (Å²) in [6.07, 6.45) is 6.16. The van der Waals surface area contributed by atoms with Crippen molar-refractivity contribution in [3.05, 3.63) is 46.1 Å². The third-order valence-corrected chi connectivity index (χ3v) is 3.31. The number of benzene rings is 1. The molecule has 0 saturated heterocycles. The first-order valence-corrected chi connectivity index (χ1v) is 6.97. The summed E-state index contributed by atoms with van der Waals surface area (Å²) in [5, 5.41) is 12.4. The zero-order chi connectivity index (χ0) is 13.7. The third kappa shape index (κ3) is 3.95. The molecule has 1 amide bonds. The Labute approximate surface area is 124 Å². The molecule has 0 aliphatic carbocycles. The second-order valence-corrected chi connectivity index (χ2v) is 5.32. The molecule has 0 spiro atoms. The Balaban J connectivity index is 1.82. The number of nitrogens with zero attached hydrogens (tertiary/aromatic N) is 2. The summed E-state index contributed by atoms with van der Waals surface area (Å²) in [5.41, 5.74) is 0.314. The molecule has 6 heteroatoms. The lowest BCUT2D eigenvalue weighted by Crippen LogP contribution is -2.25. The van der Waals surface area contributed by atoms with Gasteiger partial charge in [-0.15, -0.1) is 0 Å². The van der Waals surface area contributed by atoms with E-state index >= 15 is 0 Å². The molecule has 0 radical (unpaired) electrons. The minimum atomic E-state index is -0.248. The zero-order valence-electron chi connectivity index (χ0n) is 10.2. The van der Waals surface area contributed by atoms with E-state index in [4.69, 9.17) is 0 Å². The summed E-state index contributed by atoms with van der Waals surface area (Å²) in [5.74, 6) is -0.242. The number of halogens is 1. The van der Waals surface area contributed by atoms with Gasteiger partial charge in [0.15, 0.2) is 0 Å². The van der Waals surface area contributed by atoms with Crippen molar-refractivity contribution in [2.75, 3.05) is 6.54 Å². The Morgan fingerprint density at radius 3 is 3.05 bits per heavy atom. The van der Waals surface area contributed by atoms with Gasteiger partial charge in [0.05, 0.1) is 11.9 Å². The maximum absolute atomic E-state index is 11.9. The Bertz CT molecular complexity index is 555. The van der Waals surface area contributed by atoms with Crippen LogP contribution < -0.4 is 5.32 Å². The molecule has 2 rings (SSSR count). The molecule has 5 nitrogen and oxygen atoms in total. The third-order valence-electron chi connectivity index (χ3n) is 2.64. The van der Waals surface area contributed by atoms with Gasteiger partial charge in [0.25, 0.3) is 5.91 Å². The molecule has 1 aromatic heterocycles. The van der Waals surface area contributed by atoms with E-state index in [1.54, 1.807) is 24.7 Å². The van der Waals surface area contributed by atoms with Crippen LogP contribution in [0.1, 0.15) is 16.8 Å². The molecule has 0 fully saturated rings. The summed E-state index contributed by atoms with van der Waals surface area (Å²) in [7, 11) is 0. The minimum Gasteiger partial charge on any atom is -0.507 e. The molecule has 1 heterocycles. The quantitative estimate of drug-likeness (QED) is 0.624. The molecule has 0 unspecified atom stereocenters. The van der Waals surface area contributed by atoms with Crippen LogP contribution in [0.5, 0.6) is 5.75 Å². The molecule has 0 bridgehead atoms. The van der Waals surface area contributed by atoms with Gasteiger partial charge in [0.1, 0.15) is 5.75 Å². The molecule has 0 atom stereocenters. The number of hydrogen-bond donors (Lipinski definition) is 2. The summed E-state index contributed by atoms with van der Waals surface area (Å²) in [4.78, 5) is 15.8. The number of hydrogen-bond acceptors (Lipinski definition) is 3. The molecule has 2 aromatic rings. The standard InChI is InChI=1S/C13H14IN3O2/c14-10-2-3-12(18)11(8-10)13(19)16-4-1-6-17-7-5-15-9-17/h2-3,5,7-9,18H,1,4,6H2,(H,16,19). The lowest BCUT2D eigenvalue weighted by atomic mass is 10.2. The summed E-state index contributed by atoms with van der Waals surface area (Å²) in [6.45, 7) is 1.36. The van der Waals surface area contributed by atoms with E-state index in [9.17, 15) is 9.90 Å². The fourth-order valence-electron chi connectivity index (χ4n) is 1.67. The Morgan fingerprint density at radius 2 is 2.32 bits per heavy atom. The van der Waals surface area contributed by atoms with Crippen molar-refractivity contribution in [1.29, 1.82) is 0 Å². The number of carbonyl (C=O) groups excluding carboxylic acids is 1. The first kappa shape index (κ1) is 13.9. The van der Waals surface area contributed by atoms with Gasteiger partial charge in [-0.2, -0.15) is 0 Å². The van der Waals surface area contributed by atoms with Crippen molar-refractivity contribution in [2.45, 2.75) is 13.0 Å². The van der Waals surface area contributed by atoms with E-state index in [1.165, 1.54) is 6.07 Å². The van der Waals surface area contributed by atoms with Gasteiger partial charge >= 0.3 is 0 Å². The number of nitrogens with one attached hydrogen (secondary N) is 1. The van der Waals surface area contributed by atoms with Crippen molar-refractivity contribution >= 4 is 28.5 Å². The first-order chi connectivity index (χ1) is 9.16. The van der Waals surface area contributed by atoms with E-state index in [2.05, 4.69) is 32.9 Å². The largest absolute Gasteiger partial charge is 0.507 e. The maximum Gasteiger partial charge on any atom is 0.255 e. The van der Waals surface area contributed by atoms with Crippen molar-refractivity contribution in [1.82, 2.24) is 14.9 Å². The van der Waals surface area contributed by atoms with Crippen molar-refractivity contribution < 1.29 is 9.90 Å². The fraction of sp³-hybridized carbons (Fsp3) is 0.231. The van der Waals surface area contributed by atoms with E-state index in [0.717, 1.165) is 16.5 Å². The normalized spacial score (nSPS) is 10.4. The van der Waals surface area contributed by atoms with Crippen LogP contribution in [0.15, 0.2) is 36.9 Å². The van der Waals surface area contributed by atoms with Gasteiger partial charge in [0.2, 0.25) is 0 Å². The zero-order valence-corrected chi connectivity index (χ0v) is 12.4. The number of rotatable bonds is 5. The summed E-state index contributed by atoms with van der Waals surface area (Å²) >= 11 is 2.11. The highest BCUT2D eigenvalue weighted by molar-refractivity contribution is 14.1. The van der Waals surface area contributed by atoms with Crippen LogP contribution in [0.2, 0.25) is 0 Å². The number of amides is 1. The van der Waals surface area contributed by atoms with Crippen molar-refractivity contribution in [3.63, 3.8) is 0 Å². The average molecular weight is 371 g/mol. The number of carbonyl (C=O) groups is 1. The highest BCUT2D eigenvalue weighted by Gasteiger charge is 2.10. The van der Waals surface area contributed by atoms with Gasteiger partial charge in [-0.3, -0.25) is 4.79 Å². The Kier molecular flexibility index (Phi) is 4.78. The second-order valence-electron chi connectivity index (χ2n) is 4.07. The minimum absolute atomic E-state index is 0.00697. The molecular formula is C13H14IN3O2. The van der Waals surface area contributed by atoms with Gasteiger partial charge < -0.3 is 15.0 Å². The maximum atomic E-state index is 11.9. The molecule has 1 aromatic carbocycles. The Hall–Kier alpha value is -1.57. The van der Waals surface area contributed by atoms with Crippen LogP contribution in [0.4, 0.5) is 0 Å². The predicted molar refractivity (Wildman–Crippen MR) is 80.0 cm³/mol. The number of phenolic OH excluding ortho intramolecular Hbond substituents is 1. The van der Waals surface area contributed by atoms with E-state index in [-0.39, 0.29) is 11.7 Å². The van der Waals surface area contributed by atoms with Gasteiger partial charge in [0, 0.05) is 29.1 Å². The van der Waals surface area contributed by atoms with Gasteiger partial charge in [-0.1, -0.05) is 0 Å². The number of aryl methyl sites for hydroxylation is 1. The fourth-order valence-corrected chi connectivity index (χ4v) is 2.16. The SMILES string of the molecule is O=C(NCCCn1ccnc1)c1cc(I)ccc1O. The van der Waals surface area contributed by atoms with Crippen LogP contribution in [0, 0.1) is 3.57 Å². The van der Waals surface area contributed by atoms with Crippen LogP contribution >= 0.6 is 22.6 Å². The number of aromatic nitrogens is 2. The second kappa shape index (κ2) is 6.55. The molecule has 19 heavy (non-hydrogen) atoms. The predicted octanol–water partition coefficient (Wildman–Crippen LogP) is 2.01. The first-order valence-electron chi connectivity index (χ1n) is 5.89. The lowest BCUT2D eigenvalue weighted by molar-refractivity contribution is 0.0950. The smallest absolute Gasteiger partial charge is 0.255 e. The Morgan fingerprint density at radius 1 is 1.47 bits per heavy atom. The van der Waals surface area contributed by atoms with E-state index in [0.29, 0.717) is 12.1 Å². The highest BCUT2D eigenvalue weighted by atomic mass is 127. The van der Waals surface area contributed by atoms with E-state index in [1.807, 2.05) is 10.8 Å². The lowest BCUT2D eigenvalue weighted by Gasteiger charge is -2.07. The number of phenols is 1. The van der Waals surface area contributed by atoms with Crippen molar-refractivity contribution in [2.24, 2.45) is 0 Å². The van der Waals surface area contributed by atoms with E-state index < -0.39 is 0 Å². The molecule has 0 aliphatic heterocycles. The molecule has 0 aliphatic rings. The van der Waals surface area contributed by atoms with Gasteiger partial charge in [-0.05, 0) is 47.2 Å². The monoisotopic (exact) mass is 371 g/mol. The molecule has 100 valence electrons. The summed E-state index contributed by atoms with van der Waals surface area (Å²) in [6, 6.07) is 4.95. The number of aromatic hydroxyl groups is 1. The molecule has 0 saturated carbocycles. The summed E-state index contributed by atoms with van der Waals surface area (Å²) < 4.78 is 2.87. The molecular weight excluding hydrogens is 357 g/mol. The van der Waals surface area contributed by atoms with Crippen molar-refractivity contribution in [3.8, 4) is 5.75 Å². The number of imidazole rings is 1. The van der Waals surface area contributed by atoms with Crippen LogP contribution in [-0.4, -0.2) is 27.1 Å². The highest BCUT2D eigenvalue weighted by Crippen LogP contribution is 2.19. The average Bonchev–Trinajstić information content (AvgIpc) is 2.90. The molecule has 2 N–H and O–H groups in total. The van der Waals surface area contributed by atoms with Crippen LogP contribution in [0.3, 0.4) is 0 Å². The topological polar surface area (TPSA) is 67.2 Å². The van der Waals surface area contributed by atoms with Crippen LogP contribution in [0.25, 0.3) is 0 Å².